The van der Waals surface area contributed by atoms with E-state index in [0.29, 0.717) is 12.2 Å². The van der Waals surface area contributed by atoms with Crippen LogP contribution in [0, 0.1) is 13.8 Å². The molecule has 0 unspecified atom stereocenters. The average molecular weight is 513 g/mol. The van der Waals surface area contributed by atoms with Gasteiger partial charge in [-0.2, -0.15) is 0 Å². The number of unbranched alkanes of at least 4 members (excludes halogenated alkanes) is 3. The zero-order valence-corrected chi connectivity index (χ0v) is 22.5. The Hall–Kier alpha value is -3.48. The van der Waals surface area contributed by atoms with E-state index in [4.69, 9.17) is 10.7 Å². The standard InChI is InChI=1S/C31H36N4OS/c1-23-19-24(2)21-27(20-23)33-31-35(18-12-4-3-11-17-32)28(22-37-31)30(36)34-29(25-13-7-5-8-14-25)26-15-9-6-10-16-26/h5-10,13-16,19-22,29H,3-4,11-12,17-18,32H2,1-2H3,(H,34,36)/b33-31-. The van der Waals surface area contributed by atoms with E-state index in [9.17, 15) is 4.79 Å². The Kier molecular flexibility index (Phi) is 9.46. The van der Waals surface area contributed by atoms with Crippen LogP contribution in [0.1, 0.15) is 64.5 Å². The van der Waals surface area contributed by atoms with Crippen LogP contribution in [-0.4, -0.2) is 17.0 Å². The van der Waals surface area contributed by atoms with Crippen molar-refractivity contribution in [1.82, 2.24) is 9.88 Å². The molecule has 3 N–H and O–H groups in total. The molecule has 0 aliphatic rings. The van der Waals surface area contributed by atoms with Gasteiger partial charge in [0.15, 0.2) is 4.80 Å². The number of hydrogen-bond acceptors (Lipinski definition) is 4. The molecule has 1 aromatic heterocycles. The van der Waals surface area contributed by atoms with Gasteiger partial charge in [0.1, 0.15) is 5.69 Å². The lowest BCUT2D eigenvalue weighted by molar-refractivity contribution is 0.0933. The molecule has 0 bridgehead atoms. The van der Waals surface area contributed by atoms with E-state index in [0.717, 1.165) is 53.8 Å². The summed E-state index contributed by atoms with van der Waals surface area (Å²) in [7, 11) is 0. The fraction of sp³-hybridized carbons (Fsp3) is 0.290. The van der Waals surface area contributed by atoms with Gasteiger partial charge in [-0.1, -0.05) is 79.6 Å². The van der Waals surface area contributed by atoms with Crippen LogP contribution in [0.2, 0.25) is 0 Å². The summed E-state index contributed by atoms with van der Waals surface area (Å²) in [6.07, 6.45) is 4.16. The number of nitrogens with one attached hydrogen (secondary N) is 1. The van der Waals surface area contributed by atoms with Crippen molar-refractivity contribution in [3.8, 4) is 0 Å². The summed E-state index contributed by atoms with van der Waals surface area (Å²) in [6, 6.07) is 26.3. The van der Waals surface area contributed by atoms with Crippen LogP contribution in [0.15, 0.2) is 89.2 Å². The largest absolute Gasteiger partial charge is 0.340 e. The van der Waals surface area contributed by atoms with Crippen molar-refractivity contribution in [3.05, 3.63) is 117 Å². The van der Waals surface area contributed by atoms with Crippen LogP contribution in [0.3, 0.4) is 0 Å². The fourth-order valence-corrected chi connectivity index (χ4v) is 5.49. The van der Waals surface area contributed by atoms with E-state index in [-0.39, 0.29) is 11.9 Å². The molecule has 0 saturated carbocycles. The Balaban J connectivity index is 1.67. The number of hydrogen-bond donors (Lipinski definition) is 2. The Bertz CT molecular complexity index is 1300. The number of aryl methyl sites for hydroxylation is 2. The first-order chi connectivity index (χ1) is 18.0. The summed E-state index contributed by atoms with van der Waals surface area (Å²) in [5, 5.41) is 5.24. The number of benzene rings is 3. The summed E-state index contributed by atoms with van der Waals surface area (Å²) >= 11 is 1.51. The molecule has 1 heterocycles. The topological polar surface area (TPSA) is 72.4 Å². The average Bonchev–Trinajstić information content (AvgIpc) is 3.29. The highest BCUT2D eigenvalue weighted by Gasteiger charge is 2.20. The molecular weight excluding hydrogens is 476 g/mol. The highest BCUT2D eigenvalue weighted by molar-refractivity contribution is 7.07. The van der Waals surface area contributed by atoms with Gasteiger partial charge in [0.05, 0.1) is 11.7 Å². The van der Waals surface area contributed by atoms with Crippen LogP contribution in [0.25, 0.3) is 0 Å². The predicted molar refractivity (Wildman–Crippen MR) is 153 cm³/mol. The third-order valence-corrected chi connectivity index (χ3v) is 7.20. The van der Waals surface area contributed by atoms with Gasteiger partial charge in [-0.15, -0.1) is 11.3 Å². The summed E-state index contributed by atoms with van der Waals surface area (Å²) in [6.45, 7) is 5.62. The molecule has 0 radical (unpaired) electrons. The normalized spacial score (nSPS) is 11.7. The number of aromatic nitrogens is 1. The van der Waals surface area contributed by atoms with Crippen molar-refractivity contribution in [2.75, 3.05) is 6.54 Å². The maximum Gasteiger partial charge on any atom is 0.269 e. The minimum Gasteiger partial charge on any atom is -0.340 e. The molecule has 4 rings (SSSR count). The molecule has 0 saturated heterocycles. The lowest BCUT2D eigenvalue weighted by atomic mass is 9.98. The van der Waals surface area contributed by atoms with Crippen molar-refractivity contribution in [1.29, 1.82) is 0 Å². The van der Waals surface area contributed by atoms with Crippen molar-refractivity contribution in [2.24, 2.45) is 10.7 Å². The Morgan fingerprint density at radius 2 is 1.49 bits per heavy atom. The number of nitrogens with zero attached hydrogens (tertiary/aromatic N) is 2. The lowest BCUT2D eigenvalue weighted by Crippen LogP contribution is -2.32. The molecule has 192 valence electrons. The van der Waals surface area contributed by atoms with Crippen molar-refractivity contribution >= 4 is 22.9 Å². The third-order valence-electron chi connectivity index (χ3n) is 6.34. The molecule has 0 fully saturated rings. The van der Waals surface area contributed by atoms with Crippen LogP contribution in [-0.2, 0) is 6.54 Å². The molecule has 6 heteroatoms. The monoisotopic (exact) mass is 512 g/mol. The summed E-state index contributed by atoms with van der Waals surface area (Å²) in [5.74, 6) is -0.0993. The van der Waals surface area contributed by atoms with Crippen molar-refractivity contribution in [2.45, 2.75) is 52.1 Å². The Labute approximate surface area is 223 Å². The van der Waals surface area contributed by atoms with Crippen LogP contribution >= 0.6 is 11.3 Å². The zero-order valence-electron chi connectivity index (χ0n) is 21.7. The van der Waals surface area contributed by atoms with Crippen molar-refractivity contribution in [3.63, 3.8) is 0 Å². The van der Waals surface area contributed by atoms with Crippen molar-refractivity contribution < 1.29 is 4.79 Å². The van der Waals surface area contributed by atoms with Crippen LogP contribution in [0.5, 0.6) is 0 Å². The second-order valence-corrected chi connectivity index (χ2v) is 10.3. The quantitative estimate of drug-likeness (QED) is 0.227. The van der Waals surface area contributed by atoms with Gasteiger partial charge < -0.3 is 15.6 Å². The second-order valence-electron chi connectivity index (χ2n) is 9.44. The van der Waals surface area contributed by atoms with E-state index >= 15 is 0 Å². The first-order valence-electron chi connectivity index (χ1n) is 13.0. The lowest BCUT2D eigenvalue weighted by Gasteiger charge is -2.20. The van der Waals surface area contributed by atoms with Gasteiger partial charge in [0.25, 0.3) is 5.91 Å². The van der Waals surface area contributed by atoms with Gasteiger partial charge in [0, 0.05) is 11.9 Å². The molecule has 0 aliphatic carbocycles. The second kappa shape index (κ2) is 13.2. The minimum absolute atomic E-state index is 0.0993. The van der Waals surface area contributed by atoms with E-state index in [1.165, 1.54) is 22.5 Å². The molecule has 0 aliphatic heterocycles. The maximum atomic E-state index is 13.7. The van der Waals surface area contributed by atoms with E-state index < -0.39 is 0 Å². The smallest absolute Gasteiger partial charge is 0.269 e. The molecule has 0 atom stereocenters. The summed E-state index contributed by atoms with van der Waals surface area (Å²) in [5.41, 5.74) is 11.7. The molecule has 37 heavy (non-hydrogen) atoms. The maximum absolute atomic E-state index is 13.7. The zero-order chi connectivity index (χ0) is 26.0. The summed E-state index contributed by atoms with van der Waals surface area (Å²) in [4.78, 5) is 19.5. The summed E-state index contributed by atoms with van der Waals surface area (Å²) < 4.78 is 2.08. The SMILES string of the molecule is Cc1cc(C)cc(/N=c2\scc(C(=O)NC(c3ccccc3)c3ccccc3)n2CCCCCCN)c1. The Morgan fingerprint density at radius 1 is 0.892 bits per heavy atom. The number of rotatable bonds is 11. The predicted octanol–water partition coefficient (Wildman–Crippen LogP) is 6.44. The first-order valence-corrected chi connectivity index (χ1v) is 13.9. The molecule has 3 aromatic carbocycles. The number of thiazole rings is 1. The number of nitrogens with two attached hydrogens (primary N) is 1. The number of amides is 1. The van der Waals surface area contributed by atoms with E-state index in [2.05, 4.69) is 66.2 Å². The fourth-order valence-electron chi connectivity index (χ4n) is 4.57. The van der Waals surface area contributed by atoms with E-state index in [1.807, 2.05) is 41.8 Å². The van der Waals surface area contributed by atoms with Crippen LogP contribution < -0.4 is 15.9 Å². The molecule has 1 amide bonds. The Morgan fingerprint density at radius 3 is 2.08 bits per heavy atom. The molecule has 4 aromatic rings. The molecule has 5 nitrogen and oxygen atoms in total. The molecular formula is C31H36N4OS. The van der Waals surface area contributed by atoms with Crippen LogP contribution in [0.4, 0.5) is 5.69 Å². The van der Waals surface area contributed by atoms with Gasteiger partial charge >= 0.3 is 0 Å². The number of carbonyl (C=O) groups excluding carboxylic acids is 1. The third kappa shape index (κ3) is 7.28. The first kappa shape index (κ1) is 26.6. The molecule has 0 spiro atoms. The van der Waals surface area contributed by atoms with Gasteiger partial charge in [-0.05, 0) is 67.6 Å². The van der Waals surface area contributed by atoms with Gasteiger partial charge in [-0.3, -0.25) is 4.79 Å². The van der Waals surface area contributed by atoms with Gasteiger partial charge in [-0.25, -0.2) is 4.99 Å². The van der Waals surface area contributed by atoms with Gasteiger partial charge in [0.2, 0.25) is 0 Å². The van der Waals surface area contributed by atoms with E-state index in [1.54, 1.807) is 0 Å². The highest BCUT2D eigenvalue weighted by atomic mass is 32.1. The highest BCUT2D eigenvalue weighted by Crippen LogP contribution is 2.23. The minimum atomic E-state index is -0.243. The number of carbonyl (C=O) groups is 1.